The van der Waals surface area contributed by atoms with E-state index in [0.717, 1.165) is 18.0 Å². The molecule has 2 heterocycles. The summed E-state index contributed by atoms with van der Waals surface area (Å²) in [5.74, 6) is 0.752. The molecule has 3 nitrogen and oxygen atoms in total. The fourth-order valence-corrected chi connectivity index (χ4v) is 3.58. The first-order valence-corrected chi connectivity index (χ1v) is 7.83. The van der Waals surface area contributed by atoms with Crippen molar-refractivity contribution in [1.29, 1.82) is 0 Å². The molecule has 0 saturated carbocycles. The van der Waals surface area contributed by atoms with Crippen molar-refractivity contribution in [2.45, 2.75) is 58.7 Å². The first-order chi connectivity index (χ1) is 8.61. The number of nitrogens with one attached hydrogen (secondary N) is 1. The van der Waals surface area contributed by atoms with Crippen LogP contribution in [0.3, 0.4) is 0 Å². The Labute approximate surface area is 113 Å². The van der Waals surface area contributed by atoms with E-state index >= 15 is 0 Å². The van der Waals surface area contributed by atoms with E-state index in [4.69, 9.17) is 0 Å². The van der Waals surface area contributed by atoms with Gasteiger partial charge in [-0.2, -0.15) is 0 Å². The van der Waals surface area contributed by atoms with Crippen LogP contribution >= 0.6 is 0 Å². The zero-order valence-corrected chi connectivity index (χ0v) is 12.7. The van der Waals surface area contributed by atoms with Crippen LogP contribution in [0.1, 0.15) is 40.5 Å². The van der Waals surface area contributed by atoms with Crippen molar-refractivity contribution in [3.05, 3.63) is 0 Å². The highest BCUT2D eigenvalue weighted by Crippen LogP contribution is 2.23. The fraction of sp³-hybridized carbons (Fsp3) is 1.00. The Morgan fingerprint density at radius 3 is 2.72 bits per heavy atom. The Morgan fingerprint density at radius 1 is 1.28 bits per heavy atom. The highest BCUT2D eigenvalue weighted by atomic mass is 15.3. The molecule has 0 aromatic heterocycles. The van der Waals surface area contributed by atoms with E-state index in [1.807, 2.05) is 0 Å². The highest BCUT2D eigenvalue weighted by molar-refractivity contribution is 4.92. The molecule has 0 amide bonds. The fourth-order valence-electron chi connectivity index (χ4n) is 3.58. The minimum Gasteiger partial charge on any atom is -0.311 e. The lowest BCUT2D eigenvalue weighted by Gasteiger charge is -2.48. The average molecular weight is 253 g/mol. The van der Waals surface area contributed by atoms with Crippen LogP contribution in [0.5, 0.6) is 0 Å². The number of piperidine rings is 1. The normalized spacial score (nSPS) is 36.2. The number of rotatable bonds is 3. The van der Waals surface area contributed by atoms with Crippen LogP contribution in [0, 0.1) is 5.92 Å². The molecule has 0 radical (unpaired) electrons. The summed E-state index contributed by atoms with van der Waals surface area (Å²) in [5.41, 5.74) is 0. The van der Waals surface area contributed by atoms with Crippen molar-refractivity contribution in [2.75, 3.05) is 32.7 Å². The van der Waals surface area contributed by atoms with Gasteiger partial charge in [0.25, 0.3) is 0 Å². The van der Waals surface area contributed by atoms with Crippen LogP contribution in [0.15, 0.2) is 0 Å². The van der Waals surface area contributed by atoms with E-state index in [-0.39, 0.29) is 0 Å². The molecule has 0 aliphatic carbocycles. The first kappa shape index (κ1) is 14.3. The monoisotopic (exact) mass is 253 g/mol. The Balaban J connectivity index is 2.02. The number of likely N-dealkylation sites (N-methyl/N-ethyl adjacent to an activating group) is 1. The lowest BCUT2D eigenvalue weighted by Crippen LogP contribution is -2.62. The van der Waals surface area contributed by atoms with Crippen LogP contribution in [0.25, 0.3) is 0 Å². The third-order valence-electron chi connectivity index (χ3n) is 4.75. The van der Waals surface area contributed by atoms with Gasteiger partial charge in [-0.1, -0.05) is 20.8 Å². The predicted octanol–water partition coefficient (Wildman–Crippen LogP) is 1.79. The van der Waals surface area contributed by atoms with E-state index in [1.54, 1.807) is 0 Å². The lowest BCUT2D eigenvalue weighted by atomic mass is 9.93. The molecule has 2 aliphatic heterocycles. The van der Waals surface area contributed by atoms with E-state index in [1.165, 1.54) is 45.6 Å². The molecule has 0 bridgehead atoms. The van der Waals surface area contributed by atoms with Gasteiger partial charge in [0.15, 0.2) is 0 Å². The van der Waals surface area contributed by atoms with Gasteiger partial charge in [0.1, 0.15) is 0 Å². The van der Waals surface area contributed by atoms with E-state index < -0.39 is 0 Å². The topological polar surface area (TPSA) is 18.5 Å². The average Bonchev–Trinajstić information content (AvgIpc) is 2.38. The van der Waals surface area contributed by atoms with Crippen molar-refractivity contribution in [2.24, 2.45) is 5.92 Å². The molecule has 106 valence electrons. The molecule has 0 aromatic carbocycles. The predicted molar refractivity (Wildman–Crippen MR) is 77.9 cm³/mol. The minimum absolute atomic E-state index is 0.650. The molecule has 18 heavy (non-hydrogen) atoms. The third kappa shape index (κ3) is 3.25. The maximum absolute atomic E-state index is 3.65. The zero-order chi connectivity index (χ0) is 13.1. The van der Waals surface area contributed by atoms with Gasteiger partial charge in [-0.15, -0.1) is 0 Å². The number of hydrogen-bond acceptors (Lipinski definition) is 3. The van der Waals surface area contributed by atoms with Gasteiger partial charge < -0.3 is 10.2 Å². The molecule has 3 atom stereocenters. The van der Waals surface area contributed by atoms with Gasteiger partial charge in [0.2, 0.25) is 0 Å². The Kier molecular flexibility index (Phi) is 5.05. The van der Waals surface area contributed by atoms with Gasteiger partial charge in [-0.25, -0.2) is 0 Å². The summed E-state index contributed by atoms with van der Waals surface area (Å²) in [6.07, 6.45) is 2.77. The molecule has 1 N–H and O–H groups in total. The Morgan fingerprint density at radius 2 is 2.06 bits per heavy atom. The number of hydrogen-bond donors (Lipinski definition) is 1. The van der Waals surface area contributed by atoms with Crippen molar-refractivity contribution in [3.63, 3.8) is 0 Å². The molecule has 2 aliphatic rings. The van der Waals surface area contributed by atoms with Crippen molar-refractivity contribution >= 4 is 0 Å². The molecule has 2 rings (SSSR count). The highest BCUT2D eigenvalue weighted by Gasteiger charge is 2.34. The van der Waals surface area contributed by atoms with Gasteiger partial charge >= 0.3 is 0 Å². The Hall–Kier alpha value is -0.120. The van der Waals surface area contributed by atoms with Crippen LogP contribution in [-0.4, -0.2) is 60.6 Å². The lowest BCUT2D eigenvalue weighted by molar-refractivity contribution is 0.0216. The molecule has 0 aromatic rings. The van der Waals surface area contributed by atoms with Gasteiger partial charge in [-0.3, -0.25) is 4.90 Å². The largest absolute Gasteiger partial charge is 0.311 e. The van der Waals surface area contributed by atoms with Crippen LogP contribution in [-0.2, 0) is 0 Å². The number of likely N-dealkylation sites (tertiary alicyclic amines) is 1. The van der Waals surface area contributed by atoms with Crippen LogP contribution in [0.4, 0.5) is 0 Å². The standard InChI is InChI=1S/C15H31N3/c1-5-17-8-6-7-14(11-17)18-10-13(4)16-9-15(18)12(2)3/h12-16H,5-11H2,1-4H3. The molecule has 2 fully saturated rings. The number of piperazine rings is 1. The van der Waals surface area contributed by atoms with E-state index in [2.05, 4.69) is 42.8 Å². The molecular formula is C15H31N3. The smallest absolute Gasteiger partial charge is 0.0247 e. The quantitative estimate of drug-likeness (QED) is 0.827. The summed E-state index contributed by atoms with van der Waals surface area (Å²) in [7, 11) is 0. The number of nitrogens with zero attached hydrogens (tertiary/aromatic N) is 2. The molecule has 3 heteroatoms. The van der Waals surface area contributed by atoms with Crippen LogP contribution in [0.2, 0.25) is 0 Å². The van der Waals surface area contributed by atoms with E-state index in [9.17, 15) is 0 Å². The van der Waals surface area contributed by atoms with Crippen molar-refractivity contribution in [1.82, 2.24) is 15.1 Å². The van der Waals surface area contributed by atoms with Gasteiger partial charge in [0.05, 0.1) is 0 Å². The molecule has 0 spiro atoms. The molecule has 3 unspecified atom stereocenters. The summed E-state index contributed by atoms with van der Waals surface area (Å²) in [6, 6.07) is 2.16. The SMILES string of the molecule is CCN1CCCC(N2CC(C)NCC2C(C)C)C1. The van der Waals surface area contributed by atoms with Crippen molar-refractivity contribution in [3.8, 4) is 0 Å². The Bertz CT molecular complexity index is 254. The summed E-state index contributed by atoms with van der Waals surface area (Å²) >= 11 is 0. The second-order valence-electron chi connectivity index (χ2n) is 6.51. The summed E-state index contributed by atoms with van der Waals surface area (Å²) in [6.45, 7) is 15.6. The summed E-state index contributed by atoms with van der Waals surface area (Å²) in [4.78, 5) is 5.44. The third-order valence-corrected chi connectivity index (χ3v) is 4.75. The van der Waals surface area contributed by atoms with Gasteiger partial charge in [-0.05, 0) is 38.8 Å². The molecular weight excluding hydrogens is 222 g/mol. The molecule has 2 saturated heterocycles. The summed E-state index contributed by atoms with van der Waals surface area (Å²) in [5, 5.41) is 3.65. The summed E-state index contributed by atoms with van der Waals surface area (Å²) < 4.78 is 0. The second kappa shape index (κ2) is 6.36. The maximum atomic E-state index is 3.65. The maximum Gasteiger partial charge on any atom is 0.0247 e. The first-order valence-electron chi connectivity index (χ1n) is 7.83. The second-order valence-corrected chi connectivity index (χ2v) is 6.51. The van der Waals surface area contributed by atoms with Crippen molar-refractivity contribution < 1.29 is 0 Å². The van der Waals surface area contributed by atoms with E-state index in [0.29, 0.717) is 6.04 Å². The zero-order valence-electron chi connectivity index (χ0n) is 12.7. The van der Waals surface area contributed by atoms with Crippen LogP contribution < -0.4 is 5.32 Å². The van der Waals surface area contributed by atoms with Gasteiger partial charge in [0, 0.05) is 37.8 Å². The minimum atomic E-state index is 0.650.